The molecule has 0 spiro atoms. The van der Waals surface area contributed by atoms with Crippen LogP contribution in [-0.4, -0.2) is 46.2 Å². The molecule has 1 aliphatic rings. The third-order valence-corrected chi connectivity index (χ3v) is 4.55. The molecule has 1 atom stereocenters. The SMILES string of the molecule is O=C(O)CS[C@@H]1CCCN(C(=O)OCc2ccccc2)C1. The Morgan fingerprint density at radius 1 is 1.33 bits per heavy atom. The molecule has 114 valence electrons. The molecule has 1 heterocycles. The Hall–Kier alpha value is -1.69. The van der Waals surface area contributed by atoms with E-state index in [9.17, 15) is 9.59 Å². The number of hydrogen-bond donors (Lipinski definition) is 1. The molecule has 1 saturated heterocycles. The van der Waals surface area contributed by atoms with E-state index in [-0.39, 0.29) is 23.7 Å². The van der Waals surface area contributed by atoms with E-state index in [1.165, 1.54) is 11.8 Å². The van der Waals surface area contributed by atoms with Gasteiger partial charge in [0.1, 0.15) is 6.61 Å². The van der Waals surface area contributed by atoms with Crippen molar-refractivity contribution >= 4 is 23.8 Å². The lowest BCUT2D eigenvalue weighted by Crippen LogP contribution is -2.41. The second-order valence-electron chi connectivity index (χ2n) is 4.96. The molecule has 0 aromatic heterocycles. The van der Waals surface area contributed by atoms with Crippen LogP contribution in [0, 0.1) is 0 Å². The summed E-state index contributed by atoms with van der Waals surface area (Å²) in [5.41, 5.74) is 0.958. The number of hydrogen-bond acceptors (Lipinski definition) is 4. The van der Waals surface area contributed by atoms with Gasteiger partial charge in [-0.3, -0.25) is 4.79 Å². The van der Waals surface area contributed by atoms with Gasteiger partial charge in [0.25, 0.3) is 0 Å². The molecule has 1 aromatic rings. The van der Waals surface area contributed by atoms with Crippen LogP contribution in [0.15, 0.2) is 30.3 Å². The van der Waals surface area contributed by atoms with Crippen LogP contribution in [-0.2, 0) is 16.1 Å². The zero-order chi connectivity index (χ0) is 15.1. The van der Waals surface area contributed by atoms with Crippen molar-refractivity contribution in [3.8, 4) is 0 Å². The summed E-state index contributed by atoms with van der Waals surface area (Å²) in [7, 11) is 0. The average Bonchev–Trinajstić information content (AvgIpc) is 2.52. The highest BCUT2D eigenvalue weighted by atomic mass is 32.2. The van der Waals surface area contributed by atoms with Crippen LogP contribution in [0.2, 0.25) is 0 Å². The van der Waals surface area contributed by atoms with Crippen LogP contribution in [0.5, 0.6) is 0 Å². The van der Waals surface area contributed by atoms with Crippen molar-refractivity contribution in [2.45, 2.75) is 24.7 Å². The topological polar surface area (TPSA) is 66.8 Å². The summed E-state index contributed by atoms with van der Waals surface area (Å²) < 4.78 is 5.30. The maximum absolute atomic E-state index is 12.0. The number of carbonyl (C=O) groups excluding carboxylic acids is 1. The number of likely N-dealkylation sites (tertiary alicyclic amines) is 1. The quantitative estimate of drug-likeness (QED) is 0.905. The van der Waals surface area contributed by atoms with E-state index in [0.29, 0.717) is 13.1 Å². The van der Waals surface area contributed by atoms with Crippen LogP contribution < -0.4 is 0 Å². The van der Waals surface area contributed by atoms with Crippen molar-refractivity contribution in [1.82, 2.24) is 4.90 Å². The first-order valence-corrected chi connectivity index (χ1v) is 7.99. The Kier molecular flexibility index (Phi) is 5.92. The Labute approximate surface area is 128 Å². The second-order valence-corrected chi connectivity index (χ2v) is 6.24. The van der Waals surface area contributed by atoms with Gasteiger partial charge in [0.05, 0.1) is 5.75 Å². The van der Waals surface area contributed by atoms with Gasteiger partial charge in [0, 0.05) is 18.3 Å². The number of amides is 1. The van der Waals surface area contributed by atoms with Crippen LogP contribution >= 0.6 is 11.8 Å². The third-order valence-electron chi connectivity index (χ3n) is 3.28. The van der Waals surface area contributed by atoms with Gasteiger partial charge in [-0.15, -0.1) is 11.8 Å². The van der Waals surface area contributed by atoms with Crippen LogP contribution in [0.3, 0.4) is 0 Å². The molecule has 21 heavy (non-hydrogen) atoms. The number of carboxylic acids is 1. The van der Waals surface area contributed by atoms with Gasteiger partial charge in [-0.05, 0) is 18.4 Å². The van der Waals surface area contributed by atoms with E-state index in [1.807, 2.05) is 30.3 Å². The first kappa shape index (κ1) is 15.7. The number of thioether (sulfide) groups is 1. The summed E-state index contributed by atoms with van der Waals surface area (Å²) in [5.74, 6) is -0.735. The fourth-order valence-electron chi connectivity index (χ4n) is 2.24. The summed E-state index contributed by atoms with van der Waals surface area (Å²) >= 11 is 1.39. The molecule has 6 heteroatoms. The van der Waals surface area contributed by atoms with Crippen LogP contribution in [0.25, 0.3) is 0 Å². The Morgan fingerprint density at radius 3 is 2.81 bits per heavy atom. The monoisotopic (exact) mass is 309 g/mol. The number of ether oxygens (including phenoxy) is 1. The summed E-state index contributed by atoms with van der Waals surface area (Å²) in [4.78, 5) is 24.3. The van der Waals surface area contributed by atoms with Crippen molar-refractivity contribution in [2.24, 2.45) is 0 Å². The molecule has 1 amide bonds. The van der Waals surface area contributed by atoms with Gasteiger partial charge in [0.15, 0.2) is 0 Å². The highest BCUT2D eigenvalue weighted by molar-refractivity contribution is 8.00. The van der Waals surface area contributed by atoms with E-state index in [0.717, 1.165) is 18.4 Å². The normalized spacial score (nSPS) is 18.3. The van der Waals surface area contributed by atoms with Crippen molar-refractivity contribution in [3.05, 3.63) is 35.9 Å². The predicted molar refractivity (Wildman–Crippen MR) is 81.3 cm³/mol. The first-order valence-electron chi connectivity index (χ1n) is 6.94. The van der Waals surface area contributed by atoms with Gasteiger partial charge in [-0.25, -0.2) is 4.79 Å². The second kappa shape index (κ2) is 7.93. The molecule has 1 aromatic carbocycles. The van der Waals surface area contributed by atoms with Crippen molar-refractivity contribution < 1.29 is 19.4 Å². The number of carboxylic acid groups (broad SMARTS) is 1. The molecule has 1 N–H and O–H groups in total. The number of carbonyl (C=O) groups is 2. The third kappa shape index (κ3) is 5.30. The predicted octanol–water partition coefficient (Wildman–Crippen LogP) is 2.61. The smallest absolute Gasteiger partial charge is 0.410 e. The van der Waals surface area contributed by atoms with Gasteiger partial charge in [0.2, 0.25) is 0 Å². The molecule has 1 aliphatic heterocycles. The lowest BCUT2D eigenvalue weighted by Gasteiger charge is -2.31. The van der Waals surface area contributed by atoms with Crippen molar-refractivity contribution in [3.63, 3.8) is 0 Å². The van der Waals surface area contributed by atoms with E-state index < -0.39 is 5.97 Å². The van der Waals surface area contributed by atoms with E-state index in [2.05, 4.69) is 0 Å². The van der Waals surface area contributed by atoms with Gasteiger partial charge in [-0.1, -0.05) is 30.3 Å². The van der Waals surface area contributed by atoms with Crippen molar-refractivity contribution in [1.29, 1.82) is 0 Å². The van der Waals surface area contributed by atoms with Crippen molar-refractivity contribution in [2.75, 3.05) is 18.8 Å². The number of benzene rings is 1. The lowest BCUT2D eigenvalue weighted by molar-refractivity contribution is -0.133. The molecule has 1 fully saturated rings. The number of rotatable bonds is 5. The van der Waals surface area contributed by atoms with Crippen LogP contribution in [0.4, 0.5) is 4.79 Å². The Bertz CT molecular complexity index is 480. The zero-order valence-corrected chi connectivity index (χ0v) is 12.6. The summed E-state index contributed by atoms with van der Waals surface area (Å²) in [6.07, 6.45) is 1.51. The Morgan fingerprint density at radius 2 is 2.10 bits per heavy atom. The summed E-state index contributed by atoms with van der Waals surface area (Å²) in [6.45, 7) is 1.51. The van der Waals surface area contributed by atoms with Gasteiger partial charge < -0.3 is 14.7 Å². The highest BCUT2D eigenvalue weighted by Crippen LogP contribution is 2.23. The van der Waals surface area contributed by atoms with E-state index in [4.69, 9.17) is 9.84 Å². The van der Waals surface area contributed by atoms with Gasteiger partial charge in [-0.2, -0.15) is 0 Å². The highest BCUT2D eigenvalue weighted by Gasteiger charge is 2.25. The summed E-state index contributed by atoms with van der Waals surface area (Å²) in [6, 6.07) is 9.55. The lowest BCUT2D eigenvalue weighted by atomic mass is 10.1. The maximum Gasteiger partial charge on any atom is 0.410 e. The first-order chi connectivity index (χ1) is 10.1. The minimum Gasteiger partial charge on any atom is -0.481 e. The molecule has 0 saturated carbocycles. The average molecular weight is 309 g/mol. The minimum atomic E-state index is -0.816. The maximum atomic E-state index is 12.0. The van der Waals surface area contributed by atoms with Crippen LogP contribution in [0.1, 0.15) is 18.4 Å². The van der Waals surface area contributed by atoms with E-state index in [1.54, 1.807) is 4.90 Å². The molecule has 2 rings (SSSR count). The van der Waals surface area contributed by atoms with Gasteiger partial charge >= 0.3 is 12.1 Å². The molecule has 0 unspecified atom stereocenters. The number of aliphatic carboxylic acids is 1. The zero-order valence-electron chi connectivity index (χ0n) is 11.7. The Balaban J connectivity index is 1.77. The molecule has 0 bridgehead atoms. The summed E-state index contributed by atoms with van der Waals surface area (Å²) in [5, 5.41) is 8.88. The fraction of sp³-hybridized carbons (Fsp3) is 0.467. The number of nitrogens with zero attached hydrogens (tertiary/aromatic N) is 1. The largest absolute Gasteiger partial charge is 0.481 e. The fourth-order valence-corrected chi connectivity index (χ4v) is 3.24. The standard InChI is InChI=1S/C15H19NO4S/c17-14(18)11-21-13-7-4-8-16(9-13)15(19)20-10-12-5-2-1-3-6-12/h1-3,5-6,13H,4,7-11H2,(H,17,18)/t13-/m1/s1. The molecule has 5 nitrogen and oxygen atoms in total. The molecular formula is C15H19NO4S. The van der Waals surface area contributed by atoms with E-state index >= 15 is 0 Å². The molecule has 0 radical (unpaired) electrons. The molecule has 0 aliphatic carbocycles. The number of piperidine rings is 1. The molecular weight excluding hydrogens is 290 g/mol. The minimum absolute atomic E-state index is 0.0809.